The highest BCUT2D eigenvalue weighted by atomic mass is 16.1. The summed E-state index contributed by atoms with van der Waals surface area (Å²) in [6.07, 6.45) is 1.04. The molecule has 0 fully saturated rings. The zero-order valence-electron chi connectivity index (χ0n) is 9.85. The molecule has 0 radical (unpaired) electrons. The SMILES string of the molecule is CC1=C(C)NC(=O)C(C(C)C)C(C)C1. The van der Waals surface area contributed by atoms with E-state index in [-0.39, 0.29) is 11.8 Å². The van der Waals surface area contributed by atoms with E-state index in [1.807, 2.05) is 6.92 Å². The van der Waals surface area contributed by atoms with Crippen molar-refractivity contribution in [3.8, 4) is 0 Å². The summed E-state index contributed by atoms with van der Waals surface area (Å²) in [5, 5.41) is 2.99. The molecule has 1 amide bonds. The van der Waals surface area contributed by atoms with Gasteiger partial charge in [0.15, 0.2) is 0 Å². The maximum Gasteiger partial charge on any atom is 0.227 e. The molecular weight excluding hydrogens is 174 g/mol. The summed E-state index contributed by atoms with van der Waals surface area (Å²) in [6, 6.07) is 0. The summed E-state index contributed by atoms with van der Waals surface area (Å²) in [6.45, 7) is 10.5. The number of hydrogen-bond donors (Lipinski definition) is 1. The van der Waals surface area contributed by atoms with Crippen LogP contribution in [0.2, 0.25) is 0 Å². The van der Waals surface area contributed by atoms with E-state index in [1.54, 1.807) is 0 Å². The van der Waals surface area contributed by atoms with Crippen LogP contribution in [-0.2, 0) is 4.79 Å². The second kappa shape index (κ2) is 4.16. The Bertz CT molecular complexity index is 265. The summed E-state index contributed by atoms with van der Waals surface area (Å²) in [4.78, 5) is 11.9. The molecule has 2 heteroatoms. The Morgan fingerprint density at radius 2 is 1.93 bits per heavy atom. The first-order valence-electron chi connectivity index (χ1n) is 5.40. The number of allylic oxidation sites excluding steroid dienone is 2. The van der Waals surface area contributed by atoms with Crippen LogP contribution >= 0.6 is 0 Å². The first kappa shape index (κ1) is 11.3. The molecule has 2 atom stereocenters. The van der Waals surface area contributed by atoms with Gasteiger partial charge in [-0.3, -0.25) is 4.79 Å². The van der Waals surface area contributed by atoms with Crippen molar-refractivity contribution in [1.82, 2.24) is 5.32 Å². The summed E-state index contributed by atoms with van der Waals surface area (Å²) in [5.41, 5.74) is 2.36. The highest BCUT2D eigenvalue weighted by molar-refractivity contribution is 5.81. The number of nitrogens with one attached hydrogen (secondary N) is 1. The van der Waals surface area contributed by atoms with Gasteiger partial charge in [0.25, 0.3) is 0 Å². The van der Waals surface area contributed by atoms with Crippen LogP contribution in [0, 0.1) is 17.8 Å². The topological polar surface area (TPSA) is 29.1 Å². The van der Waals surface area contributed by atoms with Gasteiger partial charge in [0.2, 0.25) is 5.91 Å². The Hall–Kier alpha value is -0.790. The largest absolute Gasteiger partial charge is 0.330 e. The molecule has 1 heterocycles. The van der Waals surface area contributed by atoms with Crippen molar-refractivity contribution in [2.45, 2.75) is 41.0 Å². The number of rotatable bonds is 1. The third kappa shape index (κ3) is 2.17. The Labute approximate surface area is 86.8 Å². The predicted molar refractivity (Wildman–Crippen MR) is 58.6 cm³/mol. The predicted octanol–water partition coefficient (Wildman–Crippen LogP) is 2.71. The molecule has 0 spiro atoms. The fraction of sp³-hybridized carbons (Fsp3) is 0.750. The summed E-state index contributed by atoms with van der Waals surface area (Å²) in [7, 11) is 0. The van der Waals surface area contributed by atoms with Gasteiger partial charge in [-0.25, -0.2) is 0 Å². The fourth-order valence-corrected chi connectivity index (χ4v) is 2.36. The van der Waals surface area contributed by atoms with Crippen LogP contribution in [0.4, 0.5) is 0 Å². The first-order chi connectivity index (χ1) is 6.43. The smallest absolute Gasteiger partial charge is 0.227 e. The average Bonchev–Trinajstić information content (AvgIpc) is 2.09. The molecule has 0 aromatic heterocycles. The van der Waals surface area contributed by atoms with Crippen LogP contribution in [-0.4, -0.2) is 5.91 Å². The van der Waals surface area contributed by atoms with Crippen molar-refractivity contribution in [3.63, 3.8) is 0 Å². The summed E-state index contributed by atoms with van der Waals surface area (Å²) >= 11 is 0. The van der Waals surface area contributed by atoms with Crippen LogP contribution in [0.3, 0.4) is 0 Å². The Balaban J connectivity index is 2.91. The van der Waals surface area contributed by atoms with Crippen molar-refractivity contribution in [2.75, 3.05) is 0 Å². The van der Waals surface area contributed by atoms with Crippen LogP contribution in [0.15, 0.2) is 11.3 Å². The molecule has 1 aliphatic rings. The zero-order chi connectivity index (χ0) is 10.9. The molecule has 80 valence electrons. The average molecular weight is 195 g/mol. The molecule has 0 saturated heterocycles. The molecule has 0 aromatic rings. The van der Waals surface area contributed by atoms with Crippen molar-refractivity contribution < 1.29 is 4.79 Å². The van der Waals surface area contributed by atoms with E-state index < -0.39 is 0 Å². The van der Waals surface area contributed by atoms with Crippen molar-refractivity contribution >= 4 is 5.91 Å². The van der Waals surface area contributed by atoms with E-state index >= 15 is 0 Å². The first-order valence-corrected chi connectivity index (χ1v) is 5.40. The normalized spacial score (nSPS) is 29.1. The van der Waals surface area contributed by atoms with E-state index in [2.05, 4.69) is 33.0 Å². The van der Waals surface area contributed by atoms with E-state index in [0.717, 1.165) is 12.1 Å². The lowest BCUT2D eigenvalue weighted by Crippen LogP contribution is -2.34. The molecule has 1 N–H and O–H groups in total. The summed E-state index contributed by atoms with van der Waals surface area (Å²) < 4.78 is 0. The quantitative estimate of drug-likeness (QED) is 0.685. The molecule has 1 aliphatic heterocycles. The molecule has 0 bridgehead atoms. The van der Waals surface area contributed by atoms with E-state index in [0.29, 0.717) is 11.8 Å². The third-order valence-electron chi connectivity index (χ3n) is 3.21. The molecule has 2 nitrogen and oxygen atoms in total. The standard InChI is InChI=1S/C12H21NO/c1-7(2)11-9(4)6-8(3)10(5)13-12(11)14/h7,9,11H,6H2,1-5H3,(H,13,14). The molecular formula is C12H21NO. The molecule has 0 aliphatic carbocycles. The highest BCUT2D eigenvalue weighted by Crippen LogP contribution is 2.29. The Morgan fingerprint density at radius 1 is 1.36 bits per heavy atom. The van der Waals surface area contributed by atoms with Gasteiger partial charge in [-0.2, -0.15) is 0 Å². The van der Waals surface area contributed by atoms with Gasteiger partial charge in [0, 0.05) is 11.6 Å². The Morgan fingerprint density at radius 3 is 2.43 bits per heavy atom. The van der Waals surface area contributed by atoms with Crippen molar-refractivity contribution in [3.05, 3.63) is 11.3 Å². The van der Waals surface area contributed by atoms with Gasteiger partial charge >= 0.3 is 0 Å². The van der Waals surface area contributed by atoms with Gasteiger partial charge in [-0.15, -0.1) is 0 Å². The van der Waals surface area contributed by atoms with Gasteiger partial charge in [-0.05, 0) is 32.1 Å². The lowest BCUT2D eigenvalue weighted by molar-refractivity contribution is -0.127. The lowest BCUT2D eigenvalue weighted by atomic mass is 9.81. The van der Waals surface area contributed by atoms with E-state index in [9.17, 15) is 4.79 Å². The van der Waals surface area contributed by atoms with Gasteiger partial charge < -0.3 is 5.32 Å². The number of carbonyl (C=O) groups is 1. The molecule has 0 aromatic carbocycles. The second-order valence-corrected chi connectivity index (χ2v) is 4.85. The molecule has 0 saturated carbocycles. The minimum atomic E-state index is 0.155. The van der Waals surface area contributed by atoms with Gasteiger partial charge in [0.05, 0.1) is 0 Å². The number of hydrogen-bond acceptors (Lipinski definition) is 1. The monoisotopic (exact) mass is 195 g/mol. The van der Waals surface area contributed by atoms with Crippen LogP contribution in [0.5, 0.6) is 0 Å². The highest BCUT2D eigenvalue weighted by Gasteiger charge is 2.30. The van der Waals surface area contributed by atoms with Crippen LogP contribution < -0.4 is 5.32 Å². The minimum absolute atomic E-state index is 0.155. The van der Waals surface area contributed by atoms with Gasteiger partial charge in [-0.1, -0.05) is 26.3 Å². The van der Waals surface area contributed by atoms with Crippen molar-refractivity contribution in [2.24, 2.45) is 17.8 Å². The zero-order valence-corrected chi connectivity index (χ0v) is 9.85. The minimum Gasteiger partial charge on any atom is -0.330 e. The molecule has 2 unspecified atom stereocenters. The second-order valence-electron chi connectivity index (χ2n) is 4.85. The van der Waals surface area contributed by atoms with Crippen molar-refractivity contribution in [1.29, 1.82) is 0 Å². The molecule has 1 rings (SSSR count). The molecule has 14 heavy (non-hydrogen) atoms. The van der Waals surface area contributed by atoms with Crippen LogP contribution in [0.1, 0.15) is 41.0 Å². The number of carbonyl (C=O) groups excluding carboxylic acids is 1. The van der Waals surface area contributed by atoms with E-state index in [4.69, 9.17) is 0 Å². The van der Waals surface area contributed by atoms with E-state index in [1.165, 1.54) is 5.57 Å². The Kier molecular flexibility index (Phi) is 3.35. The van der Waals surface area contributed by atoms with Crippen LogP contribution in [0.25, 0.3) is 0 Å². The van der Waals surface area contributed by atoms with Gasteiger partial charge in [0.1, 0.15) is 0 Å². The fourth-order valence-electron chi connectivity index (χ4n) is 2.36. The third-order valence-corrected chi connectivity index (χ3v) is 3.21. The maximum atomic E-state index is 11.9. The summed E-state index contributed by atoms with van der Waals surface area (Å²) in [5.74, 6) is 1.22. The lowest BCUT2D eigenvalue weighted by Gasteiger charge is -2.23. The number of amides is 1. The maximum absolute atomic E-state index is 11.9.